The van der Waals surface area contributed by atoms with Gasteiger partial charge in [0.25, 0.3) is 0 Å². The molecule has 2 aromatic carbocycles. The van der Waals surface area contributed by atoms with Crippen LogP contribution in [0.2, 0.25) is 0 Å². The first-order valence-electron chi connectivity index (χ1n) is 6.55. The molecule has 0 amide bonds. The number of aromatic hydroxyl groups is 2. The summed E-state index contributed by atoms with van der Waals surface area (Å²) in [5.74, 6) is 0.830. The average molecular weight is 352 g/mol. The minimum atomic E-state index is -0.139. The minimum Gasteiger partial charge on any atom is -0.508 e. The molecule has 112 valence electrons. The number of phenols is 2. The number of methoxy groups -OCH3 is 1. The quantitative estimate of drug-likeness (QED) is 0.766. The first kappa shape index (κ1) is 15.5. The molecule has 2 rings (SSSR count). The zero-order valence-corrected chi connectivity index (χ0v) is 13.7. The summed E-state index contributed by atoms with van der Waals surface area (Å²) in [7, 11) is 1.62. The molecular formula is C16H18BrNO3. The van der Waals surface area contributed by atoms with Crippen molar-refractivity contribution >= 4 is 21.6 Å². The highest BCUT2D eigenvalue weighted by Crippen LogP contribution is 2.36. The summed E-state index contributed by atoms with van der Waals surface area (Å²) in [4.78, 5) is 0. The molecule has 0 aliphatic carbocycles. The Morgan fingerprint density at radius 2 is 1.90 bits per heavy atom. The van der Waals surface area contributed by atoms with Crippen LogP contribution in [0.15, 0.2) is 34.8 Å². The third-order valence-electron chi connectivity index (χ3n) is 3.33. The van der Waals surface area contributed by atoms with Crippen molar-refractivity contribution in [1.29, 1.82) is 0 Å². The predicted octanol–water partition coefficient (Wildman–Crippen LogP) is 4.35. The lowest BCUT2D eigenvalue weighted by Gasteiger charge is -2.21. The van der Waals surface area contributed by atoms with E-state index < -0.39 is 0 Å². The van der Waals surface area contributed by atoms with Crippen LogP contribution in [0, 0.1) is 6.92 Å². The lowest BCUT2D eigenvalue weighted by Crippen LogP contribution is -2.09. The fourth-order valence-corrected chi connectivity index (χ4v) is 2.80. The number of anilines is 1. The van der Waals surface area contributed by atoms with Crippen LogP contribution in [0.25, 0.3) is 0 Å². The third kappa shape index (κ3) is 3.42. The Morgan fingerprint density at radius 3 is 2.52 bits per heavy atom. The van der Waals surface area contributed by atoms with E-state index in [-0.39, 0.29) is 17.5 Å². The van der Waals surface area contributed by atoms with E-state index in [0.29, 0.717) is 5.56 Å². The van der Waals surface area contributed by atoms with Crippen molar-refractivity contribution in [2.75, 3.05) is 12.4 Å². The Morgan fingerprint density at radius 1 is 1.19 bits per heavy atom. The molecule has 2 aromatic rings. The number of nitrogens with one attached hydrogen (secondary N) is 1. The van der Waals surface area contributed by atoms with Crippen molar-refractivity contribution in [3.63, 3.8) is 0 Å². The maximum absolute atomic E-state index is 9.94. The number of hydrogen-bond donors (Lipinski definition) is 3. The highest BCUT2D eigenvalue weighted by Gasteiger charge is 2.15. The highest BCUT2D eigenvalue weighted by molar-refractivity contribution is 9.10. The van der Waals surface area contributed by atoms with Gasteiger partial charge in [0.05, 0.1) is 18.8 Å². The monoisotopic (exact) mass is 351 g/mol. The Bertz CT molecular complexity index is 658. The second kappa shape index (κ2) is 6.26. The van der Waals surface area contributed by atoms with Crippen LogP contribution in [0.1, 0.15) is 24.1 Å². The topological polar surface area (TPSA) is 61.7 Å². The van der Waals surface area contributed by atoms with Gasteiger partial charge < -0.3 is 20.3 Å². The van der Waals surface area contributed by atoms with Crippen LogP contribution < -0.4 is 10.1 Å². The Balaban J connectivity index is 2.33. The van der Waals surface area contributed by atoms with Crippen LogP contribution in [-0.2, 0) is 0 Å². The molecule has 3 N–H and O–H groups in total. The summed E-state index contributed by atoms with van der Waals surface area (Å²) in [5, 5.41) is 22.6. The van der Waals surface area contributed by atoms with Gasteiger partial charge in [0.2, 0.25) is 0 Å². The first-order valence-corrected chi connectivity index (χ1v) is 7.34. The summed E-state index contributed by atoms with van der Waals surface area (Å²) in [6.07, 6.45) is 0. The summed E-state index contributed by atoms with van der Waals surface area (Å²) >= 11 is 3.44. The molecule has 1 unspecified atom stereocenters. The van der Waals surface area contributed by atoms with Gasteiger partial charge in [0, 0.05) is 16.1 Å². The summed E-state index contributed by atoms with van der Waals surface area (Å²) in [5.41, 5.74) is 2.61. The van der Waals surface area contributed by atoms with Crippen molar-refractivity contribution in [2.24, 2.45) is 0 Å². The zero-order chi connectivity index (χ0) is 15.6. The van der Waals surface area contributed by atoms with E-state index >= 15 is 0 Å². The van der Waals surface area contributed by atoms with Gasteiger partial charge in [0.15, 0.2) is 0 Å². The minimum absolute atomic E-state index is 0.0425. The zero-order valence-electron chi connectivity index (χ0n) is 12.1. The smallest absolute Gasteiger partial charge is 0.143 e. The number of phenolic OH excluding ortho intramolecular Hbond substituents is 2. The third-order valence-corrected chi connectivity index (χ3v) is 3.78. The van der Waals surface area contributed by atoms with E-state index in [1.54, 1.807) is 19.2 Å². The van der Waals surface area contributed by atoms with E-state index in [1.807, 2.05) is 26.0 Å². The first-order chi connectivity index (χ1) is 9.92. The molecule has 1 atom stereocenters. The molecule has 0 saturated carbocycles. The molecular weight excluding hydrogens is 334 g/mol. The summed E-state index contributed by atoms with van der Waals surface area (Å²) in [6, 6.07) is 8.33. The summed E-state index contributed by atoms with van der Waals surface area (Å²) in [6.45, 7) is 3.92. The van der Waals surface area contributed by atoms with Gasteiger partial charge in [0.1, 0.15) is 17.2 Å². The number of aryl methyl sites for hydroxylation is 1. The van der Waals surface area contributed by atoms with Crippen molar-refractivity contribution in [1.82, 2.24) is 0 Å². The fourth-order valence-electron chi connectivity index (χ4n) is 2.25. The van der Waals surface area contributed by atoms with Gasteiger partial charge >= 0.3 is 0 Å². The van der Waals surface area contributed by atoms with Gasteiger partial charge in [-0.15, -0.1) is 0 Å². The lowest BCUT2D eigenvalue weighted by atomic mass is 10.1. The number of halogens is 1. The summed E-state index contributed by atoms with van der Waals surface area (Å²) < 4.78 is 6.34. The normalized spacial score (nSPS) is 12.0. The van der Waals surface area contributed by atoms with E-state index in [9.17, 15) is 10.2 Å². The van der Waals surface area contributed by atoms with Gasteiger partial charge in [-0.25, -0.2) is 0 Å². The molecule has 4 nitrogen and oxygen atoms in total. The Hall–Kier alpha value is -1.88. The van der Waals surface area contributed by atoms with Crippen molar-refractivity contribution in [3.05, 3.63) is 45.9 Å². The molecule has 0 fully saturated rings. The van der Waals surface area contributed by atoms with Gasteiger partial charge in [-0.1, -0.05) is 15.9 Å². The molecule has 0 saturated heterocycles. The maximum atomic E-state index is 9.94. The van der Waals surface area contributed by atoms with Gasteiger partial charge in [-0.3, -0.25) is 0 Å². The Labute approximate surface area is 132 Å². The van der Waals surface area contributed by atoms with E-state index in [1.165, 1.54) is 6.07 Å². The van der Waals surface area contributed by atoms with Crippen LogP contribution in [0.4, 0.5) is 5.69 Å². The van der Waals surface area contributed by atoms with E-state index in [4.69, 9.17) is 4.74 Å². The molecule has 0 radical (unpaired) electrons. The molecule has 0 aliphatic rings. The van der Waals surface area contributed by atoms with Crippen molar-refractivity contribution < 1.29 is 14.9 Å². The molecule has 0 spiro atoms. The molecule has 0 bridgehead atoms. The van der Waals surface area contributed by atoms with Gasteiger partial charge in [-0.2, -0.15) is 0 Å². The number of rotatable bonds is 4. The van der Waals surface area contributed by atoms with Crippen LogP contribution in [0.5, 0.6) is 17.2 Å². The molecule has 5 heteroatoms. The molecule has 0 heterocycles. The number of ether oxygens (including phenoxy) is 1. The molecule has 0 aromatic heterocycles. The predicted molar refractivity (Wildman–Crippen MR) is 87.2 cm³/mol. The average Bonchev–Trinajstić information content (AvgIpc) is 2.41. The SMILES string of the molecule is COc1cc(Br)cc(C)c1NC(C)c1ccc(O)cc1O. The largest absolute Gasteiger partial charge is 0.508 e. The maximum Gasteiger partial charge on any atom is 0.143 e. The second-order valence-corrected chi connectivity index (χ2v) is 5.82. The number of hydrogen-bond acceptors (Lipinski definition) is 4. The van der Waals surface area contributed by atoms with E-state index in [0.717, 1.165) is 21.5 Å². The standard InChI is InChI=1S/C16H18BrNO3/c1-9-6-11(17)7-15(21-3)16(9)18-10(2)13-5-4-12(19)8-14(13)20/h4-8,10,18-20H,1-3H3. The van der Waals surface area contributed by atoms with Crippen molar-refractivity contribution in [2.45, 2.75) is 19.9 Å². The lowest BCUT2D eigenvalue weighted by molar-refractivity contribution is 0.415. The number of benzene rings is 2. The Kier molecular flexibility index (Phi) is 4.63. The van der Waals surface area contributed by atoms with Crippen LogP contribution in [-0.4, -0.2) is 17.3 Å². The van der Waals surface area contributed by atoms with Gasteiger partial charge in [-0.05, 0) is 43.7 Å². The highest BCUT2D eigenvalue weighted by atomic mass is 79.9. The van der Waals surface area contributed by atoms with E-state index in [2.05, 4.69) is 21.2 Å². The van der Waals surface area contributed by atoms with Crippen LogP contribution >= 0.6 is 15.9 Å². The fraction of sp³-hybridized carbons (Fsp3) is 0.250. The molecule has 21 heavy (non-hydrogen) atoms. The van der Waals surface area contributed by atoms with Crippen LogP contribution in [0.3, 0.4) is 0 Å². The van der Waals surface area contributed by atoms with Crippen molar-refractivity contribution in [3.8, 4) is 17.2 Å². The second-order valence-electron chi connectivity index (χ2n) is 4.91. The molecule has 0 aliphatic heterocycles.